The number of hydrogen-bond donors (Lipinski definition) is 1. The highest BCUT2D eigenvalue weighted by Gasteiger charge is 2.12. The van der Waals surface area contributed by atoms with Crippen molar-refractivity contribution in [2.75, 3.05) is 18.4 Å². The Morgan fingerprint density at radius 3 is 2.44 bits per heavy atom. The van der Waals surface area contributed by atoms with Gasteiger partial charge in [-0.05, 0) is 34.1 Å². The van der Waals surface area contributed by atoms with Crippen LogP contribution >= 0.6 is 11.5 Å². The van der Waals surface area contributed by atoms with Crippen LogP contribution in [0.3, 0.4) is 0 Å². The van der Waals surface area contributed by atoms with E-state index in [2.05, 4.69) is 54.2 Å². The highest BCUT2D eigenvalue weighted by atomic mass is 32.1. The van der Waals surface area contributed by atoms with Gasteiger partial charge in [0.1, 0.15) is 5.82 Å². The number of hydrogen-bond acceptors (Lipinski definition) is 5. The Morgan fingerprint density at radius 2 is 1.89 bits per heavy atom. The lowest BCUT2D eigenvalue weighted by Gasteiger charge is -2.30. The Morgan fingerprint density at radius 1 is 1.22 bits per heavy atom. The maximum absolute atomic E-state index is 4.46. The molecule has 1 rings (SSSR count). The van der Waals surface area contributed by atoms with Gasteiger partial charge in [-0.25, -0.2) is 4.98 Å². The third kappa shape index (κ3) is 4.90. The summed E-state index contributed by atoms with van der Waals surface area (Å²) in [5.41, 5.74) is 0. The fraction of sp³-hybridized carbons (Fsp3) is 0.846. The van der Waals surface area contributed by atoms with Crippen LogP contribution in [-0.4, -0.2) is 39.4 Å². The van der Waals surface area contributed by atoms with Gasteiger partial charge in [0.05, 0.1) is 0 Å². The van der Waals surface area contributed by atoms with Crippen LogP contribution in [0.5, 0.6) is 0 Å². The highest BCUT2D eigenvalue weighted by Crippen LogP contribution is 2.12. The molecule has 1 N–H and O–H groups in total. The minimum absolute atomic E-state index is 0.580. The first-order chi connectivity index (χ1) is 8.54. The maximum Gasteiger partial charge on any atom is 0.202 e. The van der Waals surface area contributed by atoms with Gasteiger partial charge in [0.25, 0.3) is 0 Å². The van der Waals surface area contributed by atoms with Gasteiger partial charge in [0.2, 0.25) is 5.13 Å². The fourth-order valence-corrected chi connectivity index (χ4v) is 2.69. The van der Waals surface area contributed by atoms with E-state index >= 15 is 0 Å². The summed E-state index contributed by atoms with van der Waals surface area (Å²) in [6.07, 6.45) is 2.08. The zero-order valence-electron chi connectivity index (χ0n) is 12.2. The molecule has 0 spiro atoms. The first kappa shape index (κ1) is 15.4. The standard InChI is InChI=1S/C13H26N4S/c1-6-7-12-15-13(18-16-12)14-8-9-17(10(2)3)11(4)5/h10-11H,6-9H2,1-5H3,(H,14,15,16). The van der Waals surface area contributed by atoms with Crippen LogP contribution in [0.4, 0.5) is 5.13 Å². The predicted octanol–water partition coefficient (Wildman–Crippen LogP) is 3.02. The van der Waals surface area contributed by atoms with E-state index in [1.54, 1.807) is 0 Å². The molecule has 1 aromatic rings. The molecule has 0 aliphatic heterocycles. The molecule has 0 aromatic carbocycles. The first-order valence-electron chi connectivity index (χ1n) is 6.86. The Labute approximate surface area is 115 Å². The van der Waals surface area contributed by atoms with E-state index in [0.29, 0.717) is 12.1 Å². The zero-order valence-corrected chi connectivity index (χ0v) is 13.0. The van der Waals surface area contributed by atoms with Gasteiger partial charge in [-0.15, -0.1) is 0 Å². The third-order valence-corrected chi connectivity index (χ3v) is 3.63. The molecule has 0 aliphatic rings. The molecule has 1 aromatic heterocycles. The number of rotatable bonds is 8. The van der Waals surface area contributed by atoms with E-state index in [1.165, 1.54) is 11.5 Å². The molecule has 0 atom stereocenters. The molecule has 4 nitrogen and oxygen atoms in total. The van der Waals surface area contributed by atoms with Gasteiger partial charge in [-0.3, -0.25) is 4.90 Å². The molecule has 0 fully saturated rings. The molecule has 1 heterocycles. The van der Waals surface area contributed by atoms with Crippen LogP contribution in [0.1, 0.15) is 46.9 Å². The van der Waals surface area contributed by atoms with Crippen molar-refractivity contribution in [3.63, 3.8) is 0 Å². The second-order valence-electron chi connectivity index (χ2n) is 5.12. The van der Waals surface area contributed by atoms with Gasteiger partial charge < -0.3 is 5.32 Å². The molecule has 0 amide bonds. The van der Waals surface area contributed by atoms with E-state index < -0.39 is 0 Å². The molecule has 5 heteroatoms. The van der Waals surface area contributed by atoms with Crippen LogP contribution in [0.25, 0.3) is 0 Å². The van der Waals surface area contributed by atoms with Crippen LogP contribution < -0.4 is 5.32 Å². The second-order valence-corrected chi connectivity index (χ2v) is 5.87. The first-order valence-corrected chi connectivity index (χ1v) is 7.64. The van der Waals surface area contributed by atoms with Crippen LogP contribution in [0.15, 0.2) is 0 Å². The molecule has 104 valence electrons. The zero-order chi connectivity index (χ0) is 13.5. The molecule has 0 aliphatic carbocycles. The summed E-state index contributed by atoms with van der Waals surface area (Å²) in [6, 6.07) is 1.16. The highest BCUT2D eigenvalue weighted by molar-refractivity contribution is 7.09. The van der Waals surface area contributed by atoms with Crippen LogP contribution in [-0.2, 0) is 6.42 Å². The number of aromatic nitrogens is 2. The average Bonchev–Trinajstić information content (AvgIpc) is 2.71. The number of aryl methyl sites for hydroxylation is 1. The van der Waals surface area contributed by atoms with Crippen molar-refractivity contribution >= 4 is 16.7 Å². The summed E-state index contributed by atoms with van der Waals surface area (Å²) in [4.78, 5) is 6.94. The fourth-order valence-electron chi connectivity index (χ4n) is 2.06. The van der Waals surface area contributed by atoms with Gasteiger partial charge in [-0.1, -0.05) is 6.92 Å². The van der Waals surface area contributed by atoms with Crippen LogP contribution in [0.2, 0.25) is 0 Å². The Balaban J connectivity index is 2.35. The van der Waals surface area contributed by atoms with Crippen molar-refractivity contribution in [3.05, 3.63) is 5.82 Å². The lowest BCUT2D eigenvalue weighted by Crippen LogP contribution is -2.40. The van der Waals surface area contributed by atoms with Crippen molar-refractivity contribution in [1.82, 2.24) is 14.3 Å². The lowest BCUT2D eigenvalue weighted by atomic mass is 10.2. The van der Waals surface area contributed by atoms with Crippen molar-refractivity contribution in [2.24, 2.45) is 0 Å². The third-order valence-electron chi connectivity index (χ3n) is 2.91. The molecular formula is C13H26N4S. The van der Waals surface area contributed by atoms with Crippen LogP contribution in [0, 0.1) is 0 Å². The van der Waals surface area contributed by atoms with Crippen molar-refractivity contribution in [3.8, 4) is 0 Å². The Kier molecular flexibility index (Phi) is 6.57. The van der Waals surface area contributed by atoms with Crippen molar-refractivity contribution < 1.29 is 0 Å². The quantitative estimate of drug-likeness (QED) is 0.788. The summed E-state index contributed by atoms with van der Waals surface area (Å²) >= 11 is 1.47. The van der Waals surface area contributed by atoms with Gasteiger partial charge in [0, 0.05) is 43.1 Å². The molecule has 18 heavy (non-hydrogen) atoms. The van der Waals surface area contributed by atoms with Gasteiger partial charge in [0.15, 0.2) is 0 Å². The van der Waals surface area contributed by atoms with Gasteiger partial charge in [-0.2, -0.15) is 4.37 Å². The van der Waals surface area contributed by atoms with Crippen molar-refractivity contribution in [2.45, 2.75) is 59.5 Å². The van der Waals surface area contributed by atoms with Crippen molar-refractivity contribution in [1.29, 1.82) is 0 Å². The monoisotopic (exact) mass is 270 g/mol. The number of nitrogens with one attached hydrogen (secondary N) is 1. The molecule has 0 saturated carbocycles. The summed E-state index contributed by atoms with van der Waals surface area (Å²) in [5, 5.41) is 4.32. The SMILES string of the molecule is CCCc1nsc(NCCN(C(C)C)C(C)C)n1. The topological polar surface area (TPSA) is 41.1 Å². The van der Waals surface area contributed by atoms with E-state index in [1.807, 2.05) is 0 Å². The Bertz CT molecular complexity index is 327. The molecule has 0 unspecified atom stereocenters. The molecule has 0 bridgehead atoms. The second kappa shape index (κ2) is 7.69. The van der Waals surface area contributed by atoms with E-state index in [0.717, 1.165) is 36.9 Å². The number of anilines is 1. The molecule has 0 saturated heterocycles. The van der Waals surface area contributed by atoms with E-state index in [4.69, 9.17) is 0 Å². The number of nitrogens with zero attached hydrogens (tertiary/aromatic N) is 3. The minimum Gasteiger partial charge on any atom is -0.359 e. The predicted molar refractivity (Wildman–Crippen MR) is 79.4 cm³/mol. The smallest absolute Gasteiger partial charge is 0.202 e. The van der Waals surface area contributed by atoms with E-state index in [-0.39, 0.29) is 0 Å². The molecular weight excluding hydrogens is 244 g/mol. The summed E-state index contributed by atoms with van der Waals surface area (Å²) in [6.45, 7) is 13.1. The summed E-state index contributed by atoms with van der Waals surface area (Å²) in [7, 11) is 0. The normalized spacial score (nSPS) is 11.8. The van der Waals surface area contributed by atoms with Gasteiger partial charge >= 0.3 is 0 Å². The largest absolute Gasteiger partial charge is 0.359 e. The lowest BCUT2D eigenvalue weighted by molar-refractivity contribution is 0.182. The maximum atomic E-state index is 4.46. The summed E-state index contributed by atoms with van der Waals surface area (Å²) in [5.74, 6) is 0.967. The minimum atomic E-state index is 0.580. The van der Waals surface area contributed by atoms with E-state index in [9.17, 15) is 0 Å². The summed E-state index contributed by atoms with van der Waals surface area (Å²) < 4.78 is 4.33. The molecule has 0 radical (unpaired) electrons. The Hall–Kier alpha value is -0.680. The average molecular weight is 270 g/mol.